The number of methoxy groups -OCH3 is 1. The van der Waals surface area contributed by atoms with Crippen LogP contribution >= 0.6 is 45.3 Å². The number of rotatable bonds is 2. The average molecular weight is 379 g/mol. The zero-order valence-electron chi connectivity index (χ0n) is 9.24. The van der Waals surface area contributed by atoms with Crippen LogP contribution in [-0.2, 0) is 4.74 Å². The van der Waals surface area contributed by atoms with Gasteiger partial charge in [0.15, 0.2) is 0 Å². The van der Waals surface area contributed by atoms with Crippen LogP contribution in [0.3, 0.4) is 0 Å². The molecule has 2 N–H and O–H groups in total. The summed E-state index contributed by atoms with van der Waals surface area (Å²) in [6, 6.07) is 2.09. The van der Waals surface area contributed by atoms with E-state index >= 15 is 0 Å². The van der Waals surface area contributed by atoms with E-state index in [9.17, 15) is 4.79 Å². The van der Waals surface area contributed by atoms with E-state index in [4.69, 9.17) is 10.5 Å². The maximum atomic E-state index is 11.5. The van der Waals surface area contributed by atoms with Gasteiger partial charge in [0.25, 0.3) is 0 Å². The molecule has 0 radical (unpaired) electrons. The number of thiophene rings is 2. The maximum Gasteiger partial charge on any atom is 0.350 e. The molecular weight excluding hydrogens is 369 g/mol. The molecule has 0 unspecified atom stereocenters. The molecule has 2 rings (SSSR count). The summed E-state index contributed by atoms with van der Waals surface area (Å²) < 4.78 is 5.93. The highest BCUT2D eigenvalue weighted by atomic mass is 127. The van der Waals surface area contributed by atoms with Crippen LogP contribution in [0, 0.1) is 9.81 Å². The van der Waals surface area contributed by atoms with Gasteiger partial charge in [-0.05, 0) is 41.1 Å². The van der Waals surface area contributed by atoms with Gasteiger partial charge >= 0.3 is 5.97 Å². The minimum atomic E-state index is -0.369. The van der Waals surface area contributed by atoms with Gasteiger partial charge in [0.05, 0.1) is 15.7 Å². The molecule has 2 heterocycles. The fourth-order valence-electron chi connectivity index (χ4n) is 1.48. The Balaban J connectivity index is 2.53. The van der Waals surface area contributed by atoms with Crippen LogP contribution in [0.25, 0.3) is 10.4 Å². The molecule has 0 saturated carbocycles. The SMILES string of the molecule is COC(=O)c1sc(-c2csc(I)c2)c(C)c1N. The molecule has 6 heteroatoms. The zero-order chi connectivity index (χ0) is 12.6. The molecule has 0 saturated heterocycles. The summed E-state index contributed by atoms with van der Waals surface area (Å²) in [4.78, 5) is 13.1. The van der Waals surface area contributed by atoms with Crippen molar-refractivity contribution in [3.05, 3.63) is 24.8 Å². The van der Waals surface area contributed by atoms with Crippen LogP contribution in [0.15, 0.2) is 11.4 Å². The second-order valence-corrected chi connectivity index (χ2v) is 7.26. The first kappa shape index (κ1) is 12.8. The number of esters is 1. The van der Waals surface area contributed by atoms with Crippen LogP contribution in [0.2, 0.25) is 0 Å². The minimum Gasteiger partial charge on any atom is -0.465 e. The Hall–Kier alpha value is -0.600. The Bertz CT molecular complexity index is 574. The van der Waals surface area contributed by atoms with Crippen LogP contribution in [0.4, 0.5) is 5.69 Å². The molecule has 0 bridgehead atoms. The highest BCUT2D eigenvalue weighted by molar-refractivity contribution is 14.1. The van der Waals surface area contributed by atoms with Crippen molar-refractivity contribution in [2.45, 2.75) is 6.92 Å². The van der Waals surface area contributed by atoms with E-state index < -0.39 is 0 Å². The summed E-state index contributed by atoms with van der Waals surface area (Å²) in [6.07, 6.45) is 0. The molecule has 17 heavy (non-hydrogen) atoms. The van der Waals surface area contributed by atoms with Gasteiger partial charge in [-0.3, -0.25) is 0 Å². The molecule has 0 fully saturated rings. The highest BCUT2D eigenvalue weighted by Gasteiger charge is 2.20. The van der Waals surface area contributed by atoms with E-state index in [0.717, 1.165) is 16.0 Å². The number of halogens is 1. The lowest BCUT2D eigenvalue weighted by atomic mass is 10.1. The number of nitrogen functional groups attached to an aromatic ring is 1. The first-order valence-corrected chi connectivity index (χ1v) is 7.53. The van der Waals surface area contributed by atoms with Gasteiger partial charge in [-0.25, -0.2) is 4.79 Å². The third-order valence-electron chi connectivity index (χ3n) is 2.39. The van der Waals surface area contributed by atoms with Crippen molar-refractivity contribution >= 4 is 56.9 Å². The largest absolute Gasteiger partial charge is 0.465 e. The fraction of sp³-hybridized carbons (Fsp3) is 0.182. The number of nitrogens with two attached hydrogens (primary N) is 1. The van der Waals surface area contributed by atoms with Gasteiger partial charge in [0.1, 0.15) is 4.88 Å². The van der Waals surface area contributed by atoms with Gasteiger partial charge in [-0.1, -0.05) is 0 Å². The van der Waals surface area contributed by atoms with Gasteiger partial charge < -0.3 is 10.5 Å². The summed E-state index contributed by atoms with van der Waals surface area (Å²) in [5, 5.41) is 2.07. The Labute approximate surface area is 121 Å². The van der Waals surface area contributed by atoms with Crippen LogP contribution < -0.4 is 5.73 Å². The normalized spacial score (nSPS) is 10.5. The Morgan fingerprint density at radius 1 is 1.53 bits per heavy atom. The summed E-state index contributed by atoms with van der Waals surface area (Å²) in [6.45, 7) is 1.93. The van der Waals surface area contributed by atoms with E-state index in [1.54, 1.807) is 11.3 Å². The molecule has 0 amide bonds. The number of ether oxygens (including phenoxy) is 1. The molecular formula is C11H10INO2S2. The van der Waals surface area contributed by atoms with Crippen molar-refractivity contribution in [3.8, 4) is 10.4 Å². The number of carbonyl (C=O) groups excluding carboxylic acids is 1. The summed E-state index contributed by atoms with van der Waals surface area (Å²) in [5.41, 5.74) is 8.52. The number of anilines is 1. The number of hydrogen-bond acceptors (Lipinski definition) is 5. The predicted molar refractivity (Wildman–Crippen MR) is 80.8 cm³/mol. The van der Waals surface area contributed by atoms with E-state index in [1.165, 1.54) is 21.3 Å². The zero-order valence-corrected chi connectivity index (χ0v) is 13.0. The van der Waals surface area contributed by atoms with Crippen molar-refractivity contribution < 1.29 is 9.53 Å². The van der Waals surface area contributed by atoms with Crippen molar-refractivity contribution in [2.24, 2.45) is 0 Å². The second-order valence-electron chi connectivity index (χ2n) is 3.43. The number of carbonyl (C=O) groups is 1. The van der Waals surface area contributed by atoms with Gasteiger partial charge in [0, 0.05) is 15.8 Å². The molecule has 0 aliphatic carbocycles. The van der Waals surface area contributed by atoms with Crippen LogP contribution in [-0.4, -0.2) is 13.1 Å². The predicted octanol–water partition coefficient (Wildman–Crippen LogP) is 3.76. The molecule has 0 spiro atoms. The highest BCUT2D eigenvalue weighted by Crippen LogP contribution is 2.40. The minimum absolute atomic E-state index is 0.369. The average Bonchev–Trinajstić information content (AvgIpc) is 2.85. The van der Waals surface area contributed by atoms with Gasteiger partial charge in [0.2, 0.25) is 0 Å². The third-order valence-corrected chi connectivity index (χ3v) is 5.52. The van der Waals surface area contributed by atoms with Crippen LogP contribution in [0.5, 0.6) is 0 Å². The second kappa shape index (κ2) is 4.95. The lowest BCUT2D eigenvalue weighted by molar-refractivity contribution is 0.0607. The summed E-state index contributed by atoms with van der Waals surface area (Å²) >= 11 is 5.34. The smallest absolute Gasteiger partial charge is 0.350 e. The van der Waals surface area contributed by atoms with E-state index in [2.05, 4.69) is 34.0 Å². The van der Waals surface area contributed by atoms with E-state index in [-0.39, 0.29) is 5.97 Å². The maximum absolute atomic E-state index is 11.5. The van der Waals surface area contributed by atoms with Gasteiger partial charge in [-0.2, -0.15) is 0 Å². The molecule has 3 nitrogen and oxygen atoms in total. The molecule has 90 valence electrons. The van der Waals surface area contributed by atoms with E-state index in [1.807, 2.05) is 6.92 Å². The topological polar surface area (TPSA) is 52.3 Å². The summed E-state index contributed by atoms with van der Waals surface area (Å²) in [7, 11) is 1.37. The first-order chi connectivity index (χ1) is 8.04. The molecule has 0 aromatic carbocycles. The Kier molecular flexibility index (Phi) is 3.74. The molecule has 0 atom stereocenters. The van der Waals surface area contributed by atoms with Crippen LogP contribution in [0.1, 0.15) is 15.2 Å². The number of hydrogen-bond donors (Lipinski definition) is 1. The van der Waals surface area contributed by atoms with Crippen molar-refractivity contribution in [3.63, 3.8) is 0 Å². The standard InChI is InChI=1S/C11H10INO2S2/c1-5-8(13)10(11(14)15-2)17-9(5)6-3-7(12)16-4-6/h3-4H,13H2,1-2H3. The Morgan fingerprint density at radius 3 is 2.76 bits per heavy atom. The van der Waals surface area contributed by atoms with E-state index in [0.29, 0.717) is 10.6 Å². The lowest BCUT2D eigenvalue weighted by Crippen LogP contribution is -2.01. The molecule has 0 aliphatic heterocycles. The van der Waals surface area contributed by atoms with Gasteiger partial charge in [-0.15, -0.1) is 22.7 Å². The lowest BCUT2D eigenvalue weighted by Gasteiger charge is -1.96. The summed E-state index contributed by atoms with van der Waals surface area (Å²) in [5.74, 6) is -0.369. The molecule has 0 aliphatic rings. The van der Waals surface area contributed by atoms with Crippen molar-refractivity contribution in [1.29, 1.82) is 0 Å². The monoisotopic (exact) mass is 379 g/mol. The Morgan fingerprint density at radius 2 is 2.24 bits per heavy atom. The quantitative estimate of drug-likeness (QED) is 0.639. The van der Waals surface area contributed by atoms with Crippen molar-refractivity contribution in [1.82, 2.24) is 0 Å². The fourth-order valence-corrected chi connectivity index (χ4v) is 4.02. The van der Waals surface area contributed by atoms with Crippen molar-refractivity contribution in [2.75, 3.05) is 12.8 Å². The first-order valence-electron chi connectivity index (χ1n) is 4.76. The third kappa shape index (κ3) is 2.34. The molecule has 2 aromatic heterocycles. The molecule has 2 aromatic rings.